The number of hydrogen-bond acceptors (Lipinski definition) is 1. The molecule has 0 aromatic heterocycles. The molecule has 0 N–H and O–H groups in total. The average molecular weight is 266 g/mol. The molecule has 0 saturated heterocycles. The average Bonchev–Trinajstić information content (AvgIpc) is 2.36. The second-order valence-corrected chi connectivity index (χ2v) is 5.95. The summed E-state index contributed by atoms with van der Waals surface area (Å²) in [5.41, 5.74) is 2.73. The quantitative estimate of drug-likeness (QED) is 0.770. The first kappa shape index (κ1) is 13.4. The highest BCUT2D eigenvalue weighted by atomic mass is 35.5. The molecule has 2 rings (SSSR count). The molecule has 3 heteroatoms. The summed E-state index contributed by atoms with van der Waals surface area (Å²) >= 11 is 5.94. The molecule has 1 amide bonds. The van der Waals surface area contributed by atoms with Crippen LogP contribution in [0.2, 0.25) is 0 Å². The molecule has 0 heterocycles. The molecule has 0 aliphatic heterocycles. The summed E-state index contributed by atoms with van der Waals surface area (Å²) < 4.78 is 0. The van der Waals surface area contributed by atoms with Crippen LogP contribution in [-0.4, -0.2) is 29.8 Å². The number of fused-ring (bicyclic) bond motifs is 1. The first-order valence-corrected chi connectivity index (χ1v) is 6.97. The Morgan fingerprint density at radius 1 is 1.44 bits per heavy atom. The maximum Gasteiger partial charge on any atom is 0.225 e. The summed E-state index contributed by atoms with van der Waals surface area (Å²) in [6, 6.07) is 8.43. The molecule has 1 aliphatic carbocycles. The van der Waals surface area contributed by atoms with Crippen molar-refractivity contribution in [1.82, 2.24) is 4.90 Å². The predicted molar refractivity (Wildman–Crippen MR) is 74.9 cm³/mol. The number of alkyl halides is 1. The minimum absolute atomic E-state index is 0.00910. The SMILES string of the molecule is CC(Cl)CN(C)C(=O)C1CCc2ccccc2C1. The number of nitrogens with zero attached hydrogens (tertiary/aromatic N) is 1. The summed E-state index contributed by atoms with van der Waals surface area (Å²) in [5, 5.41) is 0.00910. The van der Waals surface area contributed by atoms with Gasteiger partial charge in [0, 0.05) is 24.9 Å². The molecule has 1 aromatic carbocycles. The maximum atomic E-state index is 12.3. The number of amides is 1. The number of rotatable bonds is 3. The van der Waals surface area contributed by atoms with Crippen molar-refractivity contribution < 1.29 is 4.79 Å². The Labute approximate surface area is 114 Å². The highest BCUT2D eigenvalue weighted by Crippen LogP contribution is 2.26. The molecule has 1 aromatic rings. The van der Waals surface area contributed by atoms with Gasteiger partial charge in [0.05, 0.1) is 0 Å². The Morgan fingerprint density at radius 2 is 2.11 bits per heavy atom. The fourth-order valence-electron chi connectivity index (χ4n) is 2.69. The van der Waals surface area contributed by atoms with Gasteiger partial charge < -0.3 is 4.90 Å². The highest BCUT2D eigenvalue weighted by Gasteiger charge is 2.26. The van der Waals surface area contributed by atoms with Crippen LogP contribution in [0.25, 0.3) is 0 Å². The van der Waals surface area contributed by atoms with E-state index < -0.39 is 0 Å². The lowest BCUT2D eigenvalue weighted by Crippen LogP contribution is -2.38. The van der Waals surface area contributed by atoms with Gasteiger partial charge in [-0.1, -0.05) is 24.3 Å². The summed E-state index contributed by atoms with van der Waals surface area (Å²) in [6.45, 7) is 2.54. The van der Waals surface area contributed by atoms with Crippen LogP contribution >= 0.6 is 11.6 Å². The number of carbonyl (C=O) groups is 1. The van der Waals surface area contributed by atoms with E-state index in [-0.39, 0.29) is 17.2 Å². The Balaban J connectivity index is 2.02. The van der Waals surface area contributed by atoms with Crippen molar-refractivity contribution in [2.24, 2.45) is 5.92 Å². The lowest BCUT2D eigenvalue weighted by molar-refractivity contribution is -0.134. The Hall–Kier alpha value is -1.02. The molecule has 98 valence electrons. The van der Waals surface area contributed by atoms with Gasteiger partial charge >= 0.3 is 0 Å². The van der Waals surface area contributed by atoms with E-state index in [0.717, 1.165) is 19.3 Å². The third-order valence-electron chi connectivity index (χ3n) is 3.60. The van der Waals surface area contributed by atoms with Crippen molar-refractivity contribution in [3.05, 3.63) is 35.4 Å². The van der Waals surface area contributed by atoms with Gasteiger partial charge in [0.2, 0.25) is 5.91 Å². The molecule has 2 nitrogen and oxygen atoms in total. The number of benzene rings is 1. The van der Waals surface area contributed by atoms with Crippen molar-refractivity contribution in [3.8, 4) is 0 Å². The van der Waals surface area contributed by atoms with Gasteiger partial charge in [-0.25, -0.2) is 0 Å². The molecule has 0 spiro atoms. The second-order valence-electron chi connectivity index (χ2n) is 5.21. The van der Waals surface area contributed by atoms with E-state index in [1.54, 1.807) is 4.90 Å². The lowest BCUT2D eigenvalue weighted by Gasteiger charge is -2.28. The van der Waals surface area contributed by atoms with E-state index in [2.05, 4.69) is 24.3 Å². The molecular formula is C15H20ClNO. The van der Waals surface area contributed by atoms with Crippen LogP contribution < -0.4 is 0 Å². The van der Waals surface area contributed by atoms with Gasteiger partial charge in [-0.3, -0.25) is 4.79 Å². The molecule has 0 radical (unpaired) electrons. The first-order valence-electron chi connectivity index (χ1n) is 6.53. The molecule has 0 bridgehead atoms. The van der Waals surface area contributed by atoms with Crippen LogP contribution in [0.1, 0.15) is 24.5 Å². The standard InChI is InChI=1S/C15H20ClNO/c1-11(16)10-17(2)15(18)14-8-7-12-5-3-4-6-13(12)9-14/h3-6,11,14H,7-10H2,1-2H3. The number of carbonyl (C=O) groups excluding carboxylic acids is 1. The van der Waals surface area contributed by atoms with Crippen LogP contribution in [0.4, 0.5) is 0 Å². The van der Waals surface area contributed by atoms with Crippen LogP contribution in [0, 0.1) is 5.92 Å². The Morgan fingerprint density at radius 3 is 2.78 bits per heavy atom. The predicted octanol–water partition coefficient (Wildman–Crippen LogP) is 2.88. The van der Waals surface area contributed by atoms with E-state index >= 15 is 0 Å². The summed E-state index contributed by atoms with van der Waals surface area (Å²) in [5.74, 6) is 0.359. The fraction of sp³-hybridized carbons (Fsp3) is 0.533. The van der Waals surface area contributed by atoms with Crippen molar-refractivity contribution >= 4 is 17.5 Å². The highest BCUT2D eigenvalue weighted by molar-refractivity contribution is 6.20. The van der Waals surface area contributed by atoms with Gasteiger partial charge in [-0.05, 0) is 37.3 Å². The molecule has 0 saturated carbocycles. The van der Waals surface area contributed by atoms with Crippen LogP contribution in [-0.2, 0) is 17.6 Å². The normalized spacial score (nSPS) is 20.1. The van der Waals surface area contributed by atoms with Gasteiger partial charge in [0.1, 0.15) is 0 Å². The molecule has 2 atom stereocenters. The third-order valence-corrected chi connectivity index (χ3v) is 3.74. The smallest absolute Gasteiger partial charge is 0.225 e. The zero-order valence-corrected chi connectivity index (χ0v) is 11.8. The van der Waals surface area contributed by atoms with E-state index in [9.17, 15) is 4.79 Å². The monoisotopic (exact) mass is 265 g/mol. The minimum atomic E-state index is 0.00910. The Bertz CT molecular complexity index is 430. The van der Waals surface area contributed by atoms with Gasteiger partial charge in [0.25, 0.3) is 0 Å². The molecule has 1 aliphatic rings. The summed E-state index contributed by atoms with van der Waals surface area (Å²) in [4.78, 5) is 14.1. The van der Waals surface area contributed by atoms with Crippen molar-refractivity contribution in [1.29, 1.82) is 0 Å². The van der Waals surface area contributed by atoms with Gasteiger partial charge in [-0.2, -0.15) is 0 Å². The third kappa shape index (κ3) is 3.05. The lowest BCUT2D eigenvalue weighted by atomic mass is 9.83. The largest absolute Gasteiger partial charge is 0.344 e. The fourth-order valence-corrected chi connectivity index (χ4v) is 2.89. The van der Waals surface area contributed by atoms with E-state index in [1.165, 1.54) is 11.1 Å². The molecular weight excluding hydrogens is 246 g/mol. The van der Waals surface area contributed by atoms with Crippen LogP contribution in [0.15, 0.2) is 24.3 Å². The zero-order valence-electron chi connectivity index (χ0n) is 11.0. The van der Waals surface area contributed by atoms with Gasteiger partial charge in [-0.15, -0.1) is 11.6 Å². The van der Waals surface area contributed by atoms with Crippen LogP contribution in [0.5, 0.6) is 0 Å². The number of aryl methyl sites for hydroxylation is 1. The molecule has 2 unspecified atom stereocenters. The zero-order chi connectivity index (χ0) is 13.1. The van der Waals surface area contributed by atoms with Crippen LogP contribution in [0.3, 0.4) is 0 Å². The molecule has 0 fully saturated rings. The topological polar surface area (TPSA) is 20.3 Å². The maximum absolute atomic E-state index is 12.3. The molecule has 18 heavy (non-hydrogen) atoms. The minimum Gasteiger partial charge on any atom is -0.344 e. The van der Waals surface area contributed by atoms with E-state index in [0.29, 0.717) is 6.54 Å². The van der Waals surface area contributed by atoms with Crippen molar-refractivity contribution in [3.63, 3.8) is 0 Å². The second kappa shape index (κ2) is 5.75. The van der Waals surface area contributed by atoms with Gasteiger partial charge in [0.15, 0.2) is 0 Å². The number of halogens is 1. The number of hydrogen-bond donors (Lipinski definition) is 0. The Kier molecular flexibility index (Phi) is 4.28. The van der Waals surface area contributed by atoms with E-state index in [4.69, 9.17) is 11.6 Å². The summed E-state index contributed by atoms with van der Waals surface area (Å²) in [7, 11) is 1.85. The van der Waals surface area contributed by atoms with Crippen molar-refractivity contribution in [2.45, 2.75) is 31.6 Å². The summed E-state index contributed by atoms with van der Waals surface area (Å²) in [6.07, 6.45) is 2.84. The van der Waals surface area contributed by atoms with Crippen molar-refractivity contribution in [2.75, 3.05) is 13.6 Å². The van der Waals surface area contributed by atoms with E-state index in [1.807, 2.05) is 14.0 Å². The first-order chi connectivity index (χ1) is 8.58.